The van der Waals surface area contributed by atoms with Crippen molar-refractivity contribution in [2.24, 2.45) is 0 Å². The first kappa shape index (κ1) is 21.4. The number of aromatic amines is 1. The molecule has 154 valence electrons. The molecule has 0 spiro atoms. The van der Waals surface area contributed by atoms with Gasteiger partial charge in [-0.1, -0.05) is 69.1 Å². The van der Waals surface area contributed by atoms with Gasteiger partial charge >= 0.3 is 0 Å². The summed E-state index contributed by atoms with van der Waals surface area (Å²) in [5, 5.41) is 0.166. The number of rotatable bonds is 4. The number of amides is 1. The Balaban J connectivity index is 1.98. The Hall–Kier alpha value is -2.33. The first-order valence-electron chi connectivity index (χ1n) is 10.2. The molecule has 0 radical (unpaired) electrons. The minimum absolute atomic E-state index is 0.0649. The molecule has 1 aliphatic rings. The highest BCUT2D eigenvalue weighted by atomic mass is 35.5. The van der Waals surface area contributed by atoms with Crippen LogP contribution < -0.4 is 5.56 Å². The molecule has 5 heteroatoms. The van der Waals surface area contributed by atoms with Crippen LogP contribution in [0.2, 0.25) is 5.02 Å². The van der Waals surface area contributed by atoms with E-state index in [1.807, 2.05) is 17.0 Å². The summed E-state index contributed by atoms with van der Waals surface area (Å²) in [6, 6.07) is 11.8. The molecule has 0 bridgehead atoms. The number of likely N-dealkylation sites (tertiary alicyclic amines) is 1. The second kappa shape index (κ2) is 9.00. The number of pyridine rings is 1. The number of carbonyl (C=O) groups is 1. The SMILES string of the molecule is CC(C)(C)c1ccc(C(=CCN2CCCCCC2=O)c2ccc(Cl)c(=O)[nH]2)cc1. The van der Waals surface area contributed by atoms with E-state index in [9.17, 15) is 9.59 Å². The predicted molar refractivity (Wildman–Crippen MR) is 119 cm³/mol. The maximum atomic E-state index is 12.4. The normalized spacial score (nSPS) is 16.1. The van der Waals surface area contributed by atoms with Crippen LogP contribution in [0.15, 0.2) is 47.3 Å². The van der Waals surface area contributed by atoms with Gasteiger partial charge in [-0.2, -0.15) is 0 Å². The third kappa shape index (κ3) is 5.39. The lowest BCUT2D eigenvalue weighted by molar-refractivity contribution is -0.130. The lowest BCUT2D eigenvalue weighted by atomic mass is 9.86. The number of aromatic nitrogens is 1. The van der Waals surface area contributed by atoms with Gasteiger partial charge in [0.1, 0.15) is 5.02 Å². The lowest BCUT2D eigenvalue weighted by Crippen LogP contribution is -2.30. The summed E-state index contributed by atoms with van der Waals surface area (Å²) in [6.45, 7) is 7.85. The van der Waals surface area contributed by atoms with Crippen molar-refractivity contribution in [3.8, 4) is 0 Å². The van der Waals surface area contributed by atoms with E-state index in [-0.39, 0.29) is 21.9 Å². The van der Waals surface area contributed by atoms with Crippen molar-refractivity contribution in [2.75, 3.05) is 13.1 Å². The Kier molecular flexibility index (Phi) is 6.63. The van der Waals surface area contributed by atoms with Gasteiger partial charge in [0.2, 0.25) is 5.91 Å². The fourth-order valence-electron chi connectivity index (χ4n) is 3.58. The van der Waals surface area contributed by atoms with Crippen molar-refractivity contribution in [2.45, 2.75) is 51.9 Å². The van der Waals surface area contributed by atoms with Gasteiger partial charge in [-0.25, -0.2) is 0 Å². The highest BCUT2D eigenvalue weighted by Crippen LogP contribution is 2.27. The van der Waals surface area contributed by atoms with Crippen molar-refractivity contribution in [1.82, 2.24) is 9.88 Å². The molecule has 4 nitrogen and oxygen atoms in total. The number of nitrogens with one attached hydrogen (secondary N) is 1. The standard InChI is InChI=1S/C24H29ClN2O2/c1-24(2,3)18-10-8-17(9-11-18)19(21-13-12-20(25)23(29)26-21)14-16-27-15-6-4-5-7-22(27)28/h8-14H,4-7,15-16H2,1-3H3,(H,26,29). The van der Waals surface area contributed by atoms with Gasteiger partial charge in [0.15, 0.2) is 0 Å². The summed E-state index contributed by atoms with van der Waals surface area (Å²) in [5.41, 5.74) is 3.59. The maximum Gasteiger partial charge on any atom is 0.267 e. The molecule has 1 aromatic carbocycles. The molecule has 0 aliphatic carbocycles. The Labute approximate surface area is 177 Å². The number of hydrogen-bond acceptors (Lipinski definition) is 2. The van der Waals surface area contributed by atoms with Crippen LogP contribution in [0.25, 0.3) is 5.57 Å². The summed E-state index contributed by atoms with van der Waals surface area (Å²) in [4.78, 5) is 29.2. The molecule has 1 N–H and O–H groups in total. The number of hydrogen-bond donors (Lipinski definition) is 1. The zero-order valence-corrected chi connectivity index (χ0v) is 18.2. The van der Waals surface area contributed by atoms with Crippen LogP contribution in [-0.4, -0.2) is 28.9 Å². The molecule has 3 rings (SSSR count). The predicted octanol–water partition coefficient (Wildman–Crippen LogP) is 5.16. The zero-order chi connectivity index (χ0) is 21.0. The average Bonchev–Trinajstić information content (AvgIpc) is 2.88. The van der Waals surface area contributed by atoms with Crippen LogP contribution in [0.4, 0.5) is 0 Å². The second-order valence-corrected chi connectivity index (χ2v) is 9.05. The monoisotopic (exact) mass is 412 g/mol. The smallest absolute Gasteiger partial charge is 0.267 e. The molecule has 1 aliphatic heterocycles. The molecular weight excluding hydrogens is 384 g/mol. The summed E-state index contributed by atoms with van der Waals surface area (Å²) < 4.78 is 0. The Morgan fingerprint density at radius 2 is 1.79 bits per heavy atom. The van der Waals surface area contributed by atoms with Crippen molar-refractivity contribution in [3.63, 3.8) is 0 Å². The van der Waals surface area contributed by atoms with E-state index in [0.29, 0.717) is 18.7 Å². The number of H-pyrrole nitrogens is 1. The molecular formula is C24H29ClN2O2. The molecule has 2 aromatic rings. The molecule has 29 heavy (non-hydrogen) atoms. The van der Waals surface area contributed by atoms with Crippen LogP contribution in [0.1, 0.15) is 63.3 Å². The number of nitrogens with zero attached hydrogens (tertiary/aromatic N) is 1. The van der Waals surface area contributed by atoms with Gasteiger partial charge in [-0.15, -0.1) is 0 Å². The fraction of sp³-hybridized carbons (Fsp3) is 0.417. The Bertz CT molecular complexity index is 952. The highest BCUT2D eigenvalue weighted by molar-refractivity contribution is 6.30. The van der Waals surface area contributed by atoms with E-state index in [0.717, 1.165) is 36.9 Å². The lowest BCUT2D eigenvalue weighted by Gasteiger charge is -2.21. The summed E-state index contributed by atoms with van der Waals surface area (Å²) in [7, 11) is 0. The summed E-state index contributed by atoms with van der Waals surface area (Å²) in [6.07, 6.45) is 5.74. The molecule has 2 heterocycles. The molecule has 1 amide bonds. The quantitative estimate of drug-likeness (QED) is 0.753. The van der Waals surface area contributed by atoms with Crippen molar-refractivity contribution >= 4 is 23.1 Å². The third-order valence-electron chi connectivity index (χ3n) is 5.40. The number of halogens is 1. The first-order valence-corrected chi connectivity index (χ1v) is 10.6. The molecule has 0 atom stereocenters. The fourth-order valence-corrected chi connectivity index (χ4v) is 3.69. The van der Waals surface area contributed by atoms with Crippen LogP contribution in [0.5, 0.6) is 0 Å². The van der Waals surface area contributed by atoms with E-state index < -0.39 is 0 Å². The van der Waals surface area contributed by atoms with E-state index >= 15 is 0 Å². The van der Waals surface area contributed by atoms with Gasteiger partial charge in [0.05, 0.1) is 0 Å². The Morgan fingerprint density at radius 3 is 2.45 bits per heavy atom. The van der Waals surface area contributed by atoms with Crippen molar-refractivity contribution < 1.29 is 4.79 Å². The van der Waals surface area contributed by atoms with E-state index in [1.165, 1.54) is 5.56 Å². The summed E-state index contributed by atoms with van der Waals surface area (Å²) >= 11 is 5.92. The van der Waals surface area contributed by atoms with Gasteiger partial charge in [0.25, 0.3) is 5.56 Å². The van der Waals surface area contributed by atoms with E-state index in [1.54, 1.807) is 6.07 Å². The van der Waals surface area contributed by atoms with Crippen LogP contribution in [0, 0.1) is 0 Å². The molecule has 1 fully saturated rings. The highest BCUT2D eigenvalue weighted by Gasteiger charge is 2.17. The van der Waals surface area contributed by atoms with Gasteiger partial charge in [-0.3, -0.25) is 9.59 Å². The second-order valence-electron chi connectivity index (χ2n) is 8.64. The van der Waals surface area contributed by atoms with Crippen molar-refractivity contribution in [3.05, 3.63) is 74.7 Å². The molecule has 0 saturated carbocycles. The Morgan fingerprint density at radius 1 is 1.07 bits per heavy atom. The molecule has 1 aromatic heterocycles. The maximum absolute atomic E-state index is 12.4. The topological polar surface area (TPSA) is 53.2 Å². The third-order valence-corrected chi connectivity index (χ3v) is 5.70. The summed E-state index contributed by atoms with van der Waals surface area (Å²) in [5.74, 6) is 0.200. The van der Waals surface area contributed by atoms with E-state index in [4.69, 9.17) is 11.6 Å². The number of benzene rings is 1. The zero-order valence-electron chi connectivity index (χ0n) is 17.4. The van der Waals surface area contributed by atoms with Gasteiger partial charge in [0, 0.05) is 30.8 Å². The van der Waals surface area contributed by atoms with Crippen LogP contribution >= 0.6 is 11.6 Å². The van der Waals surface area contributed by atoms with Crippen LogP contribution in [0.3, 0.4) is 0 Å². The van der Waals surface area contributed by atoms with E-state index in [2.05, 4.69) is 50.0 Å². The average molecular weight is 413 g/mol. The van der Waals surface area contributed by atoms with Gasteiger partial charge < -0.3 is 9.88 Å². The molecule has 1 saturated heterocycles. The van der Waals surface area contributed by atoms with Gasteiger partial charge in [-0.05, 0) is 41.5 Å². The van der Waals surface area contributed by atoms with Crippen LogP contribution in [-0.2, 0) is 10.2 Å². The van der Waals surface area contributed by atoms with Crippen molar-refractivity contribution in [1.29, 1.82) is 0 Å². The molecule has 0 unspecified atom stereocenters. The number of carbonyl (C=O) groups excluding carboxylic acids is 1. The largest absolute Gasteiger partial charge is 0.339 e. The minimum Gasteiger partial charge on any atom is -0.339 e. The minimum atomic E-state index is -0.313. The first-order chi connectivity index (χ1) is 13.8.